The smallest absolute Gasteiger partial charge is 0.335 e. The Bertz CT molecular complexity index is 438. The number of carboxylic acids is 1. The maximum atomic E-state index is 11.9. The van der Waals surface area contributed by atoms with Gasteiger partial charge >= 0.3 is 5.97 Å². The van der Waals surface area contributed by atoms with Crippen molar-refractivity contribution in [3.63, 3.8) is 0 Å². The molecule has 0 aliphatic heterocycles. The molecular formula is C13H18N2O3. The van der Waals surface area contributed by atoms with E-state index in [-0.39, 0.29) is 11.5 Å². The van der Waals surface area contributed by atoms with Gasteiger partial charge < -0.3 is 16.2 Å². The van der Waals surface area contributed by atoms with Crippen LogP contribution in [0.1, 0.15) is 37.0 Å². The number of nitrogens with two attached hydrogens (primary N) is 1. The summed E-state index contributed by atoms with van der Waals surface area (Å²) in [6, 6.07) is 5.96. The molecule has 18 heavy (non-hydrogen) atoms. The summed E-state index contributed by atoms with van der Waals surface area (Å²) in [4.78, 5) is 22.6. The lowest BCUT2D eigenvalue weighted by molar-refractivity contribution is -0.120. The van der Waals surface area contributed by atoms with Crippen LogP contribution in [0.25, 0.3) is 0 Å². The van der Waals surface area contributed by atoms with Crippen molar-refractivity contribution in [2.75, 3.05) is 5.32 Å². The highest BCUT2D eigenvalue weighted by Gasteiger charge is 2.27. The van der Waals surface area contributed by atoms with Crippen molar-refractivity contribution >= 4 is 17.6 Å². The van der Waals surface area contributed by atoms with Crippen LogP contribution in [0.5, 0.6) is 0 Å². The van der Waals surface area contributed by atoms with E-state index in [9.17, 15) is 9.59 Å². The molecule has 1 atom stereocenters. The van der Waals surface area contributed by atoms with E-state index < -0.39 is 11.5 Å². The Morgan fingerprint density at radius 1 is 1.33 bits per heavy atom. The number of nitrogens with one attached hydrogen (secondary N) is 1. The average Bonchev–Trinajstić information content (AvgIpc) is 2.29. The lowest BCUT2D eigenvalue weighted by Gasteiger charge is -2.22. The third-order valence-electron chi connectivity index (χ3n) is 2.68. The maximum absolute atomic E-state index is 11.9. The van der Waals surface area contributed by atoms with E-state index >= 15 is 0 Å². The molecule has 0 aromatic heterocycles. The molecule has 0 aliphatic rings. The molecule has 0 radical (unpaired) electrons. The molecule has 0 heterocycles. The summed E-state index contributed by atoms with van der Waals surface area (Å²) in [5.74, 6) is -1.27. The number of aromatic carboxylic acids is 1. The van der Waals surface area contributed by atoms with Crippen LogP contribution in [-0.4, -0.2) is 22.5 Å². The molecule has 5 nitrogen and oxygen atoms in total. The van der Waals surface area contributed by atoms with Gasteiger partial charge in [-0.2, -0.15) is 0 Å². The highest BCUT2D eigenvalue weighted by molar-refractivity contribution is 5.98. The zero-order chi connectivity index (χ0) is 13.8. The fourth-order valence-corrected chi connectivity index (χ4v) is 1.60. The fraction of sp³-hybridized carbons (Fsp3) is 0.385. The molecule has 98 valence electrons. The predicted octanol–water partition coefficient (Wildman–Crippen LogP) is 1.84. The van der Waals surface area contributed by atoms with Crippen LogP contribution in [0.3, 0.4) is 0 Å². The molecule has 5 heteroatoms. The number of hydrogen-bond acceptors (Lipinski definition) is 3. The van der Waals surface area contributed by atoms with E-state index in [1.165, 1.54) is 12.1 Å². The minimum atomic E-state index is -0.998. The van der Waals surface area contributed by atoms with Crippen molar-refractivity contribution in [3.8, 4) is 0 Å². The summed E-state index contributed by atoms with van der Waals surface area (Å²) in [5, 5.41) is 11.4. The molecule has 1 aromatic carbocycles. The minimum Gasteiger partial charge on any atom is -0.478 e. The predicted molar refractivity (Wildman–Crippen MR) is 69.5 cm³/mol. The van der Waals surface area contributed by atoms with E-state index in [1.807, 2.05) is 6.92 Å². The van der Waals surface area contributed by atoms with Crippen LogP contribution < -0.4 is 11.1 Å². The van der Waals surface area contributed by atoms with Crippen LogP contribution >= 0.6 is 0 Å². The van der Waals surface area contributed by atoms with Gasteiger partial charge in [0.1, 0.15) is 0 Å². The summed E-state index contributed by atoms with van der Waals surface area (Å²) >= 11 is 0. The van der Waals surface area contributed by atoms with Gasteiger partial charge in [0, 0.05) is 5.69 Å². The molecule has 0 saturated carbocycles. The number of carboxylic acid groups (broad SMARTS) is 1. The van der Waals surface area contributed by atoms with Gasteiger partial charge in [0.05, 0.1) is 11.1 Å². The van der Waals surface area contributed by atoms with Gasteiger partial charge in [0.2, 0.25) is 5.91 Å². The molecule has 0 bridgehead atoms. The van der Waals surface area contributed by atoms with Gasteiger partial charge in [-0.05, 0) is 37.6 Å². The van der Waals surface area contributed by atoms with Gasteiger partial charge in [-0.25, -0.2) is 4.79 Å². The van der Waals surface area contributed by atoms with E-state index in [2.05, 4.69) is 5.32 Å². The average molecular weight is 250 g/mol. The fourth-order valence-electron chi connectivity index (χ4n) is 1.60. The van der Waals surface area contributed by atoms with Crippen LogP contribution in [0.2, 0.25) is 0 Å². The SMILES string of the molecule is CCCC(C)(N)C(=O)Nc1ccc(C(=O)O)cc1. The van der Waals surface area contributed by atoms with Gasteiger partial charge in [-0.1, -0.05) is 13.3 Å². The molecule has 0 fully saturated rings. The van der Waals surface area contributed by atoms with Crippen molar-refractivity contribution in [2.45, 2.75) is 32.2 Å². The highest BCUT2D eigenvalue weighted by atomic mass is 16.4. The highest BCUT2D eigenvalue weighted by Crippen LogP contribution is 2.14. The maximum Gasteiger partial charge on any atom is 0.335 e. The number of rotatable bonds is 5. The normalized spacial score (nSPS) is 13.7. The molecule has 1 rings (SSSR count). The van der Waals surface area contributed by atoms with E-state index in [0.29, 0.717) is 12.1 Å². The quantitative estimate of drug-likeness (QED) is 0.743. The van der Waals surface area contributed by atoms with Gasteiger partial charge in [0.15, 0.2) is 0 Å². The number of carbonyl (C=O) groups is 2. The number of amides is 1. The first-order valence-corrected chi connectivity index (χ1v) is 5.80. The number of benzene rings is 1. The first kappa shape index (κ1) is 14.2. The van der Waals surface area contributed by atoms with Crippen molar-refractivity contribution < 1.29 is 14.7 Å². The van der Waals surface area contributed by atoms with E-state index in [0.717, 1.165) is 6.42 Å². The van der Waals surface area contributed by atoms with E-state index in [4.69, 9.17) is 10.8 Å². The topological polar surface area (TPSA) is 92.4 Å². The largest absolute Gasteiger partial charge is 0.478 e. The van der Waals surface area contributed by atoms with Crippen LogP contribution in [0.15, 0.2) is 24.3 Å². The van der Waals surface area contributed by atoms with Crippen LogP contribution in [0, 0.1) is 0 Å². The Morgan fingerprint density at radius 2 is 1.89 bits per heavy atom. The van der Waals surface area contributed by atoms with E-state index in [1.54, 1.807) is 19.1 Å². The summed E-state index contributed by atoms with van der Waals surface area (Å²) in [6.45, 7) is 3.64. The van der Waals surface area contributed by atoms with Crippen molar-refractivity contribution in [1.82, 2.24) is 0 Å². The Morgan fingerprint density at radius 3 is 2.33 bits per heavy atom. The molecule has 1 aromatic rings. The number of hydrogen-bond donors (Lipinski definition) is 3. The standard InChI is InChI=1S/C13H18N2O3/c1-3-8-13(2,14)12(18)15-10-6-4-9(5-7-10)11(16)17/h4-7H,3,8,14H2,1-2H3,(H,15,18)(H,16,17). The summed E-state index contributed by atoms with van der Waals surface area (Å²) in [7, 11) is 0. The lowest BCUT2D eigenvalue weighted by Crippen LogP contribution is -2.48. The van der Waals surface area contributed by atoms with Crippen molar-refractivity contribution in [2.24, 2.45) is 5.73 Å². The van der Waals surface area contributed by atoms with Gasteiger partial charge in [-0.15, -0.1) is 0 Å². The second kappa shape index (κ2) is 5.64. The summed E-state index contributed by atoms with van der Waals surface area (Å²) < 4.78 is 0. The monoisotopic (exact) mass is 250 g/mol. The Hall–Kier alpha value is -1.88. The molecule has 1 unspecified atom stereocenters. The Balaban J connectivity index is 2.73. The zero-order valence-electron chi connectivity index (χ0n) is 10.6. The third kappa shape index (κ3) is 3.56. The van der Waals surface area contributed by atoms with Crippen molar-refractivity contribution in [3.05, 3.63) is 29.8 Å². The minimum absolute atomic E-state index is 0.178. The van der Waals surface area contributed by atoms with Crippen LogP contribution in [-0.2, 0) is 4.79 Å². The zero-order valence-corrected chi connectivity index (χ0v) is 10.6. The number of carbonyl (C=O) groups excluding carboxylic acids is 1. The summed E-state index contributed by atoms with van der Waals surface area (Å²) in [6.07, 6.45) is 1.41. The molecule has 0 spiro atoms. The van der Waals surface area contributed by atoms with Crippen LogP contribution in [0.4, 0.5) is 5.69 Å². The third-order valence-corrected chi connectivity index (χ3v) is 2.68. The van der Waals surface area contributed by atoms with Crippen molar-refractivity contribution in [1.29, 1.82) is 0 Å². The number of anilines is 1. The summed E-state index contributed by atoms with van der Waals surface area (Å²) in [5.41, 5.74) is 5.69. The first-order valence-electron chi connectivity index (χ1n) is 5.80. The molecular weight excluding hydrogens is 232 g/mol. The molecule has 1 amide bonds. The lowest BCUT2D eigenvalue weighted by atomic mass is 9.96. The second-order valence-electron chi connectivity index (χ2n) is 4.50. The van der Waals surface area contributed by atoms with Gasteiger partial charge in [0.25, 0.3) is 0 Å². The molecule has 0 saturated heterocycles. The Labute approximate surface area is 106 Å². The molecule has 4 N–H and O–H groups in total. The second-order valence-corrected chi connectivity index (χ2v) is 4.50. The van der Waals surface area contributed by atoms with Gasteiger partial charge in [-0.3, -0.25) is 4.79 Å². The molecule has 0 aliphatic carbocycles. The Kier molecular flexibility index (Phi) is 4.44. The first-order chi connectivity index (χ1) is 8.36.